The van der Waals surface area contributed by atoms with E-state index in [1.165, 1.54) is 0 Å². The molecule has 0 bridgehead atoms. The Morgan fingerprint density at radius 2 is 0.971 bits per heavy atom. The molecule has 0 unspecified atom stereocenters. The zero-order valence-corrected chi connectivity index (χ0v) is 22.4. The van der Waals surface area contributed by atoms with Gasteiger partial charge in [0.25, 0.3) is 0 Å². The minimum Gasteiger partial charge on any atom is -0.299 e. The molecule has 6 nitrogen and oxygen atoms in total. The van der Waals surface area contributed by atoms with Gasteiger partial charge in [0.15, 0.2) is 0 Å². The molecule has 0 radical (unpaired) electrons. The number of hydrogen-bond donors (Lipinski definition) is 0. The van der Waals surface area contributed by atoms with E-state index in [4.69, 9.17) is 0 Å². The molecule has 0 saturated carbocycles. The van der Waals surface area contributed by atoms with E-state index in [0.29, 0.717) is 13.1 Å². The highest BCUT2D eigenvalue weighted by molar-refractivity contribution is 5.77. The molecule has 0 aliphatic carbocycles. The predicted octanol–water partition coefficient (Wildman–Crippen LogP) is 5.55. The summed E-state index contributed by atoms with van der Waals surface area (Å²) in [4.78, 5) is 28.9. The molecule has 0 saturated heterocycles. The van der Waals surface area contributed by atoms with E-state index >= 15 is 0 Å². The van der Waals surface area contributed by atoms with Crippen molar-refractivity contribution >= 4 is 5.78 Å². The number of carbonyl (C=O) groups excluding carboxylic acids is 1. The van der Waals surface area contributed by atoms with Crippen LogP contribution < -0.4 is 0 Å². The van der Waals surface area contributed by atoms with Crippen LogP contribution in [0.3, 0.4) is 0 Å². The number of pyridine rings is 3. The van der Waals surface area contributed by atoms with Crippen molar-refractivity contribution in [3.63, 3.8) is 0 Å². The van der Waals surface area contributed by atoms with Crippen molar-refractivity contribution in [1.82, 2.24) is 24.8 Å². The first-order valence-electron chi connectivity index (χ1n) is 12.1. The van der Waals surface area contributed by atoms with E-state index in [0.717, 1.165) is 30.2 Å². The Labute approximate surface area is 211 Å². The Balaban J connectivity index is 0.000000251. The summed E-state index contributed by atoms with van der Waals surface area (Å²) in [5, 5.41) is 0. The zero-order valence-electron chi connectivity index (χ0n) is 22.4. The van der Waals surface area contributed by atoms with E-state index in [2.05, 4.69) is 78.4 Å². The second-order valence-electron chi connectivity index (χ2n) is 10.7. The lowest BCUT2D eigenvalue weighted by molar-refractivity contribution is -0.119. The SMILES string of the molecule is CC(=O)CN(Cc1ccccn1)C(C)(C)C.CC(C)(C)N(Cc1ccccn1)Cc1ccccn1. The van der Waals surface area contributed by atoms with Crippen molar-refractivity contribution in [3.05, 3.63) is 90.3 Å². The van der Waals surface area contributed by atoms with Gasteiger partial charge in [-0.15, -0.1) is 0 Å². The monoisotopic (exact) mass is 475 g/mol. The van der Waals surface area contributed by atoms with Crippen molar-refractivity contribution in [2.75, 3.05) is 6.54 Å². The van der Waals surface area contributed by atoms with Crippen LogP contribution in [0.5, 0.6) is 0 Å². The Hall–Kier alpha value is -2.96. The van der Waals surface area contributed by atoms with Crippen LogP contribution in [-0.4, -0.2) is 48.2 Å². The fraction of sp³-hybridized carbons (Fsp3) is 0.448. The first-order chi connectivity index (χ1) is 16.4. The van der Waals surface area contributed by atoms with Crippen LogP contribution >= 0.6 is 0 Å². The van der Waals surface area contributed by atoms with Gasteiger partial charge in [-0.1, -0.05) is 18.2 Å². The lowest BCUT2D eigenvalue weighted by Crippen LogP contribution is -2.43. The van der Waals surface area contributed by atoms with Crippen molar-refractivity contribution in [3.8, 4) is 0 Å². The summed E-state index contributed by atoms with van der Waals surface area (Å²) in [5.41, 5.74) is 3.23. The molecule has 0 aromatic carbocycles. The Morgan fingerprint density at radius 3 is 1.23 bits per heavy atom. The van der Waals surface area contributed by atoms with Crippen LogP contribution in [0.2, 0.25) is 0 Å². The van der Waals surface area contributed by atoms with Crippen molar-refractivity contribution in [2.45, 2.75) is 79.2 Å². The predicted molar refractivity (Wildman–Crippen MR) is 143 cm³/mol. The van der Waals surface area contributed by atoms with E-state index < -0.39 is 0 Å². The topological polar surface area (TPSA) is 62.2 Å². The summed E-state index contributed by atoms with van der Waals surface area (Å²) in [7, 11) is 0. The highest BCUT2D eigenvalue weighted by atomic mass is 16.1. The van der Waals surface area contributed by atoms with Gasteiger partial charge in [0.1, 0.15) is 5.78 Å². The number of rotatable bonds is 8. The molecule has 3 aromatic rings. The fourth-order valence-electron chi connectivity index (χ4n) is 3.39. The van der Waals surface area contributed by atoms with Gasteiger partial charge in [0, 0.05) is 49.3 Å². The molecular formula is C29H41N5O. The van der Waals surface area contributed by atoms with Gasteiger partial charge in [0.2, 0.25) is 0 Å². The first kappa shape index (κ1) is 28.3. The molecule has 188 valence electrons. The highest BCUT2D eigenvalue weighted by Gasteiger charge is 2.23. The van der Waals surface area contributed by atoms with Crippen LogP contribution in [0, 0.1) is 0 Å². The third kappa shape index (κ3) is 10.9. The van der Waals surface area contributed by atoms with Crippen LogP contribution in [-0.2, 0) is 24.4 Å². The highest BCUT2D eigenvalue weighted by Crippen LogP contribution is 2.19. The van der Waals surface area contributed by atoms with Crippen LogP contribution in [0.1, 0.15) is 65.5 Å². The van der Waals surface area contributed by atoms with Gasteiger partial charge in [-0.25, -0.2) is 0 Å². The molecule has 0 aliphatic heterocycles. The number of ketones is 1. The smallest absolute Gasteiger partial charge is 0.143 e. The van der Waals surface area contributed by atoms with Gasteiger partial charge in [-0.3, -0.25) is 29.5 Å². The van der Waals surface area contributed by atoms with Crippen LogP contribution in [0.4, 0.5) is 0 Å². The molecule has 3 rings (SSSR count). The minimum atomic E-state index is -0.0246. The average Bonchev–Trinajstić information content (AvgIpc) is 2.79. The van der Waals surface area contributed by atoms with E-state index in [9.17, 15) is 4.79 Å². The lowest BCUT2D eigenvalue weighted by Gasteiger charge is -2.35. The zero-order chi connectivity index (χ0) is 25.9. The summed E-state index contributed by atoms with van der Waals surface area (Å²) in [6, 6.07) is 17.9. The average molecular weight is 476 g/mol. The summed E-state index contributed by atoms with van der Waals surface area (Å²) in [6.07, 6.45) is 5.47. The maximum atomic E-state index is 11.2. The molecule has 0 fully saturated rings. The van der Waals surface area contributed by atoms with Crippen LogP contribution in [0.15, 0.2) is 73.2 Å². The van der Waals surface area contributed by atoms with Gasteiger partial charge in [0.05, 0.1) is 23.6 Å². The molecule has 0 atom stereocenters. The second kappa shape index (κ2) is 13.2. The van der Waals surface area contributed by atoms with Crippen molar-refractivity contribution in [1.29, 1.82) is 0 Å². The largest absolute Gasteiger partial charge is 0.299 e. The molecule has 3 heterocycles. The Morgan fingerprint density at radius 1 is 0.629 bits per heavy atom. The Bertz CT molecular complexity index is 954. The molecule has 0 amide bonds. The normalized spacial score (nSPS) is 11.8. The number of Topliss-reactive ketones (excluding diaryl/α,β-unsaturated/α-hetero) is 1. The third-order valence-electron chi connectivity index (χ3n) is 5.55. The first-order valence-corrected chi connectivity index (χ1v) is 12.1. The number of carbonyl (C=O) groups is 1. The number of nitrogens with zero attached hydrogens (tertiary/aromatic N) is 5. The van der Waals surface area contributed by atoms with Crippen LogP contribution in [0.25, 0.3) is 0 Å². The molecule has 3 aromatic heterocycles. The molecule has 0 aliphatic rings. The standard InChI is InChI=1S/C16H21N3.C13H20N2O/c1-16(2,3)19(12-14-8-4-6-10-17-14)13-15-9-5-7-11-18-15;1-11(16)9-15(13(2,3)4)10-12-7-5-6-8-14-12/h4-11H,12-13H2,1-3H3;5-8H,9-10H2,1-4H3. The van der Waals surface area contributed by atoms with E-state index in [1.807, 2.05) is 54.9 Å². The van der Waals surface area contributed by atoms with Gasteiger partial charge in [-0.2, -0.15) is 0 Å². The molecular weight excluding hydrogens is 434 g/mol. The summed E-state index contributed by atoms with van der Waals surface area (Å²) < 4.78 is 0. The summed E-state index contributed by atoms with van der Waals surface area (Å²) >= 11 is 0. The maximum Gasteiger partial charge on any atom is 0.143 e. The maximum absolute atomic E-state index is 11.2. The minimum absolute atomic E-state index is 0.0246. The second-order valence-corrected chi connectivity index (χ2v) is 10.7. The van der Waals surface area contributed by atoms with E-state index in [-0.39, 0.29) is 16.9 Å². The van der Waals surface area contributed by atoms with Crippen molar-refractivity contribution in [2.24, 2.45) is 0 Å². The summed E-state index contributed by atoms with van der Waals surface area (Å²) in [6.45, 7) is 17.5. The molecule has 0 N–H and O–H groups in total. The number of hydrogen-bond acceptors (Lipinski definition) is 6. The summed E-state index contributed by atoms with van der Waals surface area (Å²) in [5.74, 6) is 0.186. The third-order valence-corrected chi connectivity index (χ3v) is 5.55. The molecule has 6 heteroatoms. The lowest BCUT2D eigenvalue weighted by atomic mass is 10.0. The fourth-order valence-corrected chi connectivity index (χ4v) is 3.39. The van der Waals surface area contributed by atoms with E-state index in [1.54, 1.807) is 13.1 Å². The molecule has 35 heavy (non-hydrogen) atoms. The molecule has 0 spiro atoms. The van der Waals surface area contributed by atoms with Crippen molar-refractivity contribution < 1.29 is 4.79 Å². The van der Waals surface area contributed by atoms with Gasteiger partial charge >= 0.3 is 0 Å². The quantitative estimate of drug-likeness (QED) is 0.426. The van der Waals surface area contributed by atoms with Gasteiger partial charge in [-0.05, 0) is 84.9 Å². The van der Waals surface area contributed by atoms with Gasteiger partial charge < -0.3 is 0 Å². The Kier molecular flexibility index (Phi) is 10.7. The number of aromatic nitrogens is 3.